The average Bonchev–Trinajstić information content (AvgIpc) is 2.59. The second-order valence-corrected chi connectivity index (χ2v) is 6.94. The summed E-state index contributed by atoms with van der Waals surface area (Å²) >= 11 is 6.16. The SMILES string of the molecule is Cc1nc(Nc2cccc(Cl)c2C)cc(C(=O)NC2CCCCC2)n1. The minimum Gasteiger partial charge on any atom is -0.348 e. The van der Waals surface area contributed by atoms with E-state index in [0.29, 0.717) is 22.4 Å². The second kappa shape index (κ2) is 7.83. The van der Waals surface area contributed by atoms with Gasteiger partial charge in [-0.2, -0.15) is 0 Å². The summed E-state index contributed by atoms with van der Waals surface area (Å²) in [4.78, 5) is 21.2. The molecule has 6 heteroatoms. The number of benzene rings is 1. The van der Waals surface area contributed by atoms with Crippen LogP contribution in [-0.2, 0) is 0 Å². The van der Waals surface area contributed by atoms with Gasteiger partial charge in [0, 0.05) is 22.8 Å². The van der Waals surface area contributed by atoms with Crippen molar-refractivity contribution >= 4 is 29.0 Å². The molecule has 132 valence electrons. The fourth-order valence-corrected chi connectivity index (χ4v) is 3.31. The van der Waals surface area contributed by atoms with E-state index < -0.39 is 0 Å². The summed E-state index contributed by atoms with van der Waals surface area (Å²) in [5.74, 6) is 1.01. The molecule has 0 aliphatic heterocycles. The third-order valence-corrected chi connectivity index (χ3v) is 4.95. The minimum absolute atomic E-state index is 0.136. The Labute approximate surface area is 153 Å². The van der Waals surface area contributed by atoms with Crippen molar-refractivity contribution in [1.29, 1.82) is 0 Å². The zero-order chi connectivity index (χ0) is 17.8. The van der Waals surface area contributed by atoms with E-state index in [1.807, 2.05) is 25.1 Å². The van der Waals surface area contributed by atoms with Gasteiger partial charge < -0.3 is 10.6 Å². The molecule has 2 N–H and O–H groups in total. The first kappa shape index (κ1) is 17.7. The molecule has 0 atom stereocenters. The standard InChI is InChI=1S/C19H23ClN4O/c1-12-15(20)9-6-10-16(12)24-18-11-17(21-13(2)22-18)19(25)23-14-7-4-3-5-8-14/h6,9-11,14H,3-5,7-8H2,1-2H3,(H,23,25)(H,21,22,24). The molecule has 1 saturated carbocycles. The van der Waals surface area contributed by atoms with Gasteiger partial charge in [0.25, 0.3) is 5.91 Å². The summed E-state index contributed by atoms with van der Waals surface area (Å²) in [6.45, 7) is 3.73. The topological polar surface area (TPSA) is 66.9 Å². The quantitative estimate of drug-likeness (QED) is 0.841. The number of hydrogen-bond donors (Lipinski definition) is 2. The predicted octanol–water partition coefficient (Wildman–Crippen LogP) is 4.55. The van der Waals surface area contributed by atoms with E-state index in [9.17, 15) is 4.79 Å². The summed E-state index contributed by atoms with van der Waals surface area (Å²) in [6.07, 6.45) is 5.69. The molecule has 1 aromatic heterocycles. The lowest BCUT2D eigenvalue weighted by Gasteiger charge is -2.22. The van der Waals surface area contributed by atoms with Crippen LogP contribution in [0, 0.1) is 13.8 Å². The maximum absolute atomic E-state index is 12.5. The molecule has 3 rings (SSSR count). The molecule has 0 unspecified atom stereocenters. The van der Waals surface area contributed by atoms with E-state index in [1.54, 1.807) is 13.0 Å². The van der Waals surface area contributed by atoms with Crippen molar-refractivity contribution in [2.24, 2.45) is 0 Å². The third kappa shape index (κ3) is 4.48. The van der Waals surface area contributed by atoms with E-state index >= 15 is 0 Å². The highest BCUT2D eigenvalue weighted by Gasteiger charge is 2.18. The van der Waals surface area contributed by atoms with Gasteiger partial charge in [-0.05, 0) is 44.4 Å². The van der Waals surface area contributed by atoms with Gasteiger partial charge in [0.1, 0.15) is 17.3 Å². The number of hydrogen-bond acceptors (Lipinski definition) is 4. The zero-order valence-electron chi connectivity index (χ0n) is 14.6. The molecule has 5 nitrogen and oxygen atoms in total. The van der Waals surface area contributed by atoms with Gasteiger partial charge in [-0.3, -0.25) is 4.79 Å². The summed E-state index contributed by atoms with van der Waals surface area (Å²) in [5.41, 5.74) is 2.19. The minimum atomic E-state index is -0.136. The Kier molecular flexibility index (Phi) is 5.53. The fourth-order valence-electron chi connectivity index (χ4n) is 3.14. The van der Waals surface area contributed by atoms with Gasteiger partial charge in [-0.15, -0.1) is 0 Å². The van der Waals surface area contributed by atoms with E-state index in [1.165, 1.54) is 19.3 Å². The molecule has 0 bridgehead atoms. The Bertz CT molecular complexity index is 772. The molecular formula is C19H23ClN4O. The van der Waals surface area contributed by atoms with E-state index in [2.05, 4.69) is 20.6 Å². The molecular weight excluding hydrogens is 336 g/mol. The Morgan fingerprint density at radius 1 is 1.16 bits per heavy atom. The van der Waals surface area contributed by atoms with Gasteiger partial charge in [0.15, 0.2) is 0 Å². The van der Waals surface area contributed by atoms with Crippen molar-refractivity contribution in [2.75, 3.05) is 5.32 Å². The first-order chi connectivity index (χ1) is 12.0. The number of nitrogens with one attached hydrogen (secondary N) is 2. The summed E-state index contributed by atoms with van der Waals surface area (Å²) in [6, 6.07) is 7.59. The van der Waals surface area contributed by atoms with Crippen molar-refractivity contribution in [3.8, 4) is 0 Å². The Balaban J connectivity index is 1.77. The van der Waals surface area contributed by atoms with Gasteiger partial charge >= 0.3 is 0 Å². The number of nitrogens with zero attached hydrogens (tertiary/aromatic N) is 2. The number of carbonyl (C=O) groups is 1. The number of anilines is 2. The smallest absolute Gasteiger partial charge is 0.270 e. The first-order valence-electron chi connectivity index (χ1n) is 8.71. The number of aromatic nitrogens is 2. The van der Waals surface area contributed by atoms with Crippen LogP contribution in [0.5, 0.6) is 0 Å². The van der Waals surface area contributed by atoms with Crippen molar-refractivity contribution in [3.63, 3.8) is 0 Å². The van der Waals surface area contributed by atoms with Crippen molar-refractivity contribution in [2.45, 2.75) is 52.0 Å². The Morgan fingerprint density at radius 3 is 2.68 bits per heavy atom. The number of amides is 1. The van der Waals surface area contributed by atoms with Crippen molar-refractivity contribution < 1.29 is 4.79 Å². The molecule has 1 aliphatic carbocycles. The van der Waals surface area contributed by atoms with Crippen LogP contribution in [0.4, 0.5) is 11.5 Å². The predicted molar refractivity (Wildman–Crippen MR) is 101 cm³/mol. The lowest BCUT2D eigenvalue weighted by Crippen LogP contribution is -2.36. The zero-order valence-corrected chi connectivity index (χ0v) is 15.4. The molecule has 0 saturated heterocycles. The fraction of sp³-hybridized carbons (Fsp3) is 0.421. The average molecular weight is 359 g/mol. The van der Waals surface area contributed by atoms with Crippen LogP contribution in [-0.4, -0.2) is 21.9 Å². The molecule has 2 aromatic rings. The second-order valence-electron chi connectivity index (χ2n) is 6.53. The molecule has 1 fully saturated rings. The maximum atomic E-state index is 12.5. The number of halogens is 1. The number of rotatable bonds is 4. The van der Waals surface area contributed by atoms with Crippen LogP contribution in [0.15, 0.2) is 24.3 Å². The molecule has 1 aliphatic rings. The summed E-state index contributed by atoms with van der Waals surface area (Å²) in [5, 5.41) is 7.02. The third-order valence-electron chi connectivity index (χ3n) is 4.54. The van der Waals surface area contributed by atoms with Gasteiger partial charge in [-0.1, -0.05) is 36.9 Å². The highest BCUT2D eigenvalue weighted by atomic mass is 35.5. The monoisotopic (exact) mass is 358 g/mol. The van der Waals surface area contributed by atoms with Crippen LogP contribution in [0.2, 0.25) is 5.02 Å². The molecule has 1 heterocycles. The highest BCUT2D eigenvalue weighted by molar-refractivity contribution is 6.31. The van der Waals surface area contributed by atoms with Crippen LogP contribution in [0.25, 0.3) is 0 Å². The van der Waals surface area contributed by atoms with E-state index in [-0.39, 0.29) is 11.9 Å². The van der Waals surface area contributed by atoms with Crippen LogP contribution >= 0.6 is 11.6 Å². The molecule has 1 amide bonds. The van der Waals surface area contributed by atoms with E-state index in [0.717, 1.165) is 24.1 Å². The molecule has 0 radical (unpaired) electrons. The maximum Gasteiger partial charge on any atom is 0.270 e. The van der Waals surface area contributed by atoms with Crippen LogP contribution in [0.3, 0.4) is 0 Å². The lowest BCUT2D eigenvalue weighted by molar-refractivity contribution is 0.0922. The van der Waals surface area contributed by atoms with E-state index in [4.69, 9.17) is 11.6 Å². The van der Waals surface area contributed by atoms with Gasteiger partial charge in [-0.25, -0.2) is 9.97 Å². The molecule has 25 heavy (non-hydrogen) atoms. The Morgan fingerprint density at radius 2 is 1.92 bits per heavy atom. The van der Waals surface area contributed by atoms with Crippen LogP contribution < -0.4 is 10.6 Å². The molecule has 0 spiro atoms. The van der Waals surface area contributed by atoms with Crippen LogP contribution in [0.1, 0.15) is 54.0 Å². The number of aryl methyl sites for hydroxylation is 1. The summed E-state index contributed by atoms with van der Waals surface area (Å²) in [7, 11) is 0. The first-order valence-corrected chi connectivity index (χ1v) is 9.09. The summed E-state index contributed by atoms with van der Waals surface area (Å²) < 4.78 is 0. The highest BCUT2D eigenvalue weighted by Crippen LogP contribution is 2.25. The lowest BCUT2D eigenvalue weighted by atomic mass is 9.95. The largest absolute Gasteiger partial charge is 0.348 e. The van der Waals surface area contributed by atoms with Crippen molar-refractivity contribution in [1.82, 2.24) is 15.3 Å². The number of carbonyl (C=O) groups excluding carboxylic acids is 1. The van der Waals surface area contributed by atoms with Gasteiger partial charge in [0.2, 0.25) is 0 Å². The van der Waals surface area contributed by atoms with Crippen molar-refractivity contribution in [3.05, 3.63) is 46.4 Å². The normalized spacial score (nSPS) is 15.0. The Hall–Kier alpha value is -2.14. The van der Waals surface area contributed by atoms with Gasteiger partial charge in [0.05, 0.1) is 0 Å². The molecule has 1 aromatic carbocycles.